The van der Waals surface area contributed by atoms with Gasteiger partial charge in [0.25, 0.3) is 0 Å². The van der Waals surface area contributed by atoms with Crippen LogP contribution in [0.1, 0.15) is 20.3 Å². The standard InChI is InChI=1S/C9H17NO8S.Ca.2H/c1-9(2,5-11)7(13)8(14)10-4-3-6(12)18-19(15,16)17;;;/h7,11,13H,3-5H2,1-2H3,(H,10,14)(H,15,16,17);;;/t7-;;;/m0.../s1. The van der Waals surface area contributed by atoms with Crippen molar-refractivity contribution in [2.75, 3.05) is 13.2 Å². The third-order valence-electron chi connectivity index (χ3n) is 2.22. The second kappa shape index (κ2) is 9.13. The molecule has 0 aromatic carbocycles. The Morgan fingerprint density at radius 1 is 1.35 bits per heavy atom. The first-order chi connectivity index (χ1) is 8.49. The number of carbonyl (C=O) groups excluding carboxylic acids is 2. The molecule has 11 heteroatoms. The van der Waals surface area contributed by atoms with E-state index in [1.807, 2.05) is 0 Å². The van der Waals surface area contributed by atoms with E-state index in [0.717, 1.165) is 0 Å². The van der Waals surface area contributed by atoms with Gasteiger partial charge in [-0.2, -0.15) is 8.42 Å². The molecule has 0 fully saturated rings. The van der Waals surface area contributed by atoms with Crippen molar-refractivity contribution in [3.8, 4) is 0 Å². The molecule has 0 aliphatic carbocycles. The number of amides is 1. The number of carbonyl (C=O) groups is 2. The van der Waals surface area contributed by atoms with Crippen LogP contribution < -0.4 is 5.32 Å². The average molecular weight is 341 g/mol. The number of nitrogens with one attached hydrogen (secondary N) is 1. The summed E-state index contributed by atoms with van der Waals surface area (Å²) in [6.07, 6.45) is -1.99. The van der Waals surface area contributed by atoms with Crippen LogP contribution in [-0.4, -0.2) is 92.1 Å². The van der Waals surface area contributed by atoms with Crippen molar-refractivity contribution in [1.82, 2.24) is 5.32 Å². The minimum absolute atomic E-state index is 0. The molecule has 0 saturated heterocycles. The first-order valence-corrected chi connectivity index (χ1v) is 6.62. The monoisotopic (exact) mass is 341 g/mol. The van der Waals surface area contributed by atoms with Crippen molar-refractivity contribution in [3.05, 3.63) is 0 Å². The van der Waals surface area contributed by atoms with E-state index in [4.69, 9.17) is 9.66 Å². The third-order valence-corrected chi connectivity index (χ3v) is 2.62. The van der Waals surface area contributed by atoms with Crippen LogP contribution in [0, 0.1) is 5.41 Å². The molecule has 0 bridgehead atoms. The van der Waals surface area contributed by atoms with Crippen molar-refractivity contribution < 1.29 is 37.0 Å². The van der Waals surface area contributed by atoms with E-state index in [2.05, 4.69) is 9.50 Å². The molecule has 0 aliphatic rings. The van der Waals surface area contributed by atoms with Crippen LogP contribution in [0.5, 0.6) is 0 Å². The van der Waals surface area contributed by atoms with E-state index < -0.39 is 46.8 Å². The molecule has 0 unspecified atom stereocenters. The SMILES string of the molecule is CC(C)(CO)[C@@H](O)C(=O)NCCC(=O)OS(=O)(=O)O.[CaH2]. The molecule has 0 aromatic rings. The molecule has 20 heavy (non-hydrogen) atoms. The molecule has 1 amide bonds. The number of hydrogen-bond donors (Lipinski definition) is 4. The Labute approximate surface area is 146 Å². The Balaban J connectivity index is 0. The summed E-state index contributed by atoms with van der Waals surface area (Å²) in [6.45, 7) is 2.21. The van der Waals surface area contributed by atoms with Crippen LogP contribution in [0.15, 0.2) is 0 Å². The summed E-state index contributed by atoms with van der Waals surface area (Å²) >= 11 is 0. The van der Waals surface area contributed by atoms with Crippen molar-refractivity contribution in [1.29, 1.82) is 0 Å². The predicted molar refractivity (Wildman–Crippen MR) is 70.7 cm³/mol. The Bertz CT molecular complexity index is 435. The van der Waals surface area contributed by atoms with Gasteiger partial charge in [-0.05, 0) is 0 Å². The number of aliphatic hydroxyl groups excluding tert-OH is 2. The van der Waals surface area contributed by atoms with Gasteiger partial charge in [0.2, 0.25) is 5.91 Å². The fourth-order valence-corrected chi connectivity index (χ4v) is 1.30. The normalized spacial score (nSPS) is 13.1. The van der Waals surface area contributed by atoms with Gasteiger partial charge < -0.3 is 19.7 Å². The Kier molecular flexibility index (Phi) is 10.2. The number of aliphatic hydroxyl groups is 2. The van der Waals surface area contributed by atoms with Crippen molar-refractivity contribution in [2.24, 2.45) is 5.41 Å². The van der Waals surface area contributed by atoms with Crippen molar-refractivity contribution >= 4 is 60.0 Å². The van der Waals surface area contributed by atoms with E-state index in [1.165, 1.54) is 13.8 Å². The molecule has 0 radical (unpaired) electrons. The van der Waals surface area contributed by atoms with Gasteiger partial charge in [-0.1, -0.05) is 13.8 Å². The van der Waals surface area contributed by atoms with E-state index in [-0.39, 0.29) is 44.3 Å². The fourth-order valence-electron chi connectivity index (χ4n) is 0.985. The van der Waals surface area contributed by atoms with Gasteiger partial charge in [-0.3, -0.25) is 14.1 Å². The van der Waals surface area contributed by atoms with Gasteiger partial charge in [0.15, 0.2) is 0 Å². The zero-order valence-corrected chi connectivity index (χ0v) is 11.3. The molecule has 0 saturated carbocycles. The summed E-state index contributed by atoms with van der Waals surface area (Å²) in [6, 6.07) is 0. The average Bonchev–Trinajstić information content (AvgIpc) is 2.25. The molecule has 0 aromatic heterocycles. The first-order valence-electron chi connectivity index (χ1n) is 5.26. The van der Waals surface area contributed by atoms with Crippen LogP contribution >= 0.6 is 0 Å². The second-order valence-corrected chi connectivity index (χ2v) is 5.50. The van der Waals surface area contributed by atoms with E-state index in [0.29, 0.717) is 0 Å². The van der Waals surface area contributed by atoms with Crippen LogP contribution in [0.3, 0.4) is 0 Å². The molecular weight excluding hydrogens is 322 g/mol. The molecule has 4 N–H and O–H groups in total. The van der Waals surface area contributed by atoms with Crippen LogP contribution in [-0.2, 0) is 24.2 Å². The maximum atomic E-state index is 11.4. The third kappa shape index (κ3) is 9.06. The van der Waals surface area contributed by atoms with Gasteiger partial charge >= 0.3 is 54.1 Å². The molecule has 116 valence electrons. The van der Waals surface area contributed by atoms with E-state index in [9.17, 15) is 23.1 Å². The summed E-state index contributed by atoms with van der Waals surface area (Å²) in [5.74, 6) is -2.07. The summed E-state index contributed by atoms with van der Waals surface area (Å²) in [7, 11) is -4.86. The van der Waals surface area contributed by atoms with Crippen LogP contribution in [0.2, 0.25) is 0 Å². The predicted octanol–water partition coefficient (Wildman–Crippen LogP) is -2.70. The molecular formula is C9H19CaNO8S. The van der Waals surface area contributed by atoms with E-state index in [1.54, 1.807) is 0 Å². The van der Waals surface area contributed by atoms with Gasteiger partial charge in [-0.15, -0.1) is 0 Å². The van der Waals surface area contributed by atoms with Crippen molar-refractivity contribution in [3.63, 3.8) is 0 Å². The molecule has 0 heterocycles. The Morgan fingerprint density at radius 2 is 1.85 bits per heavy atom. The van der Waals surface area contributed by atoms with Crippen LogP contribution in [0.4, 0.5) is 0 Å². The molecule has 0 spiro atoms. The number of hydrogen-bond acceptors (Lipinski definition) is 7. The Hall–Kier alpha value is 0.0297. The molecule has 0 rings (SSSR count). The summed E-state index contributed by atoms with van der Waals surface area (Å²) < 4.78 is 32.2. The molecule has 1 atom stereocenters. The summed E-state index contributed by atoms with van der Waals surface area (Å²) in [5, 5.41) is 20.7. The van der Waals surface area contributed by atoms with E-state index >= 15 is 0 Å². The minimum atomic E-state index is -4.86. The molecule has 0 aliphatic heterocycles. The van der Waals surface area contributed by atoms with Crippen LogP contribution in [0.25, 0.3) is 0 Å². The zero-order chi connectivity index (χ0) is 15.3. The number of rotatable bonds is 7. The summed E-state index contributed by atoms with van der Waals surface area (Å²) in [5.41, 5.74) is -1.06. The quantitative estimate of drug-likeness (QED) is 0.288. The zero-order valence-electron chi connectivity index (χ0n) is 10.5. The van der Waals surface area contributed by atoms with Crippen molar-refractivity contribution in [2.45, 2.75) is 26.4 Å². The summed E-state index contributed by atoms with van der Waals surface area (Å²) in [4.78, 5) is 22.3. The topological polar surface area (TPSA) is 150 Å². The molecule has 9 nitrogen and oxygen atoms in total. The van der Waals surface area contributed by atoms with Gasteiger partial charge in [0.05, 0.1) is 13.0 Å². The van der Waals surface area contributed by atoms with Gasteiger partial charge in [0, 0.05) is 12.0 Å². The Morgan fingerprint density at radius 3 is 2.25 bits per heavy atom. The fraction of sp³-hybridized carbons (Fsp3) is 0.778. The van der Waals surface area contributed by atoms with Gasteiger partial charge in [-0.25, -0.2) is 0 Å². The first kappa shape index (κ1) is 22.3. The maximum absolute atomic E-state index is 11.4. The second-order valence-electron chi connectivity index (χ2n) is 4.47. The van der Waals surface area contributed by atoms with Gasteiger partial charge in [0.1, 0.15) is 6.10 Å².